The Balaban J connectivity index is 2.43. The van der Waals surface area contributed by atoms with Crippen LogP contribution in [-0.2, 0) is 16.0 Å². The molecule has 0 spiro atoms. The standard InChI is InChI=1S/C16H13Cl3O2/c1-21-16(20)11(10-5-2-3-6-13(10)17)9-12-14(18)7-4-8-15(12)19/h2-8,11H,9H2,1H3/t11-/m1/s1. The van der Waals surface area contributed by atoms with Crippen LogP contribution in [0, 0.1) is 0 Å². The number of rotatable bonds is 4. The van der Waals surface area contributed by atoms with E-state index < -0.39 is 5.92 Å². The Morgan fingerprint density at radius 3 is 2.14 bits per heavy atom. The predicted molar refractivity (Wildman–Crippen MR) is 86.4 cm³/mol. The molecule has 0 aliphatic heterocycles. The number of carbonyl (C=O) groups is 1. The minimum absolute atomic E-state index is 0.328. The van der Waals surface area contributed by atoms with Crippen LogP contribution in [0.4, 0.5) is 0 Å². The minimum Gasteiger partial charge on any atom is -0.469 e. The molecule has 0 amide bonds. The first-order valence-corrected chi connectivity index (χ1v) is 7.43. The molecule has 0 heterocycles. The summed E-state index contributed by atoms with van der Waals surface area (Å²) in [4.78, 5) is 12.1. The molecule has 1 atom stereocenters. The van der Waals surface area contributed by atoms with Crippen molar-refractivity contribution in [1.82, 2.24) is 0 Å². The molecule has 0 fully saturated rings. The summed E-state index contributed by atoms with van der Waals surface area (Å²) < 4.78 is 4.89. The van der Waals surface area contributed by atoms with Crippen LogP contribution < -0.4 is 0 Å². The Hall–Kier alpha value is -1.22. The number of methoxy groups -OCH3 is 1. The Morgan fingerprint density at radius 2 is 1.57 bits per heavy atom. The Labute approximate surface area is 138 Å². The number of hydrogen-bond donors (Lipinski definition) is 0. The lowest BCUT2D eigenvalue weighted by Crippen LogP contribution is -2.17. The van der Waals surface area contributed by atoms with Gasteiger partial charge in [0.15, 0.2) is 0 Å². The second-order valence-electron chi connectivity index (χ2n) is 4.50. The molecule has 0 saturated heterocycles. The largest absolute Gasteiger partial charge is 0.469 e. The first-order chi connectivity index (χ1) is 10.0. The zero-order valence-electron chi connectivity index (χ0n) is 11.3. The minimum atomic E-state index is -0.555. The van der Waals surface area contributed by atoms with E-state index in [0.717, 1.165) is 0 Å². The van der Waals surface area contributed by atoms with Gasteiger partial charge in [0, 0.05) is 15.1 Å². The van der Waals surface area contributed by atoms with E-state index in [1.807, 2.05) is 12.1 Å². The molecular weight excluding hydrogens is 331 g/mol. The zero-order valence-corrected chi connectivity index (χ0v) is 13.5. The van der Waals surface area contributed by atoms with Crippen LogP contribution in [0.2, 0.25) is 15.1 Å². The molecular formula is C16H13Cl3O2. The fourth-order valence-electron chi connectivity index (χ4n) is 2.15. The van der Waals surface area contributed by atoms with Crippen molar-refractivity contribution < 1.29 is 9.53 Å². The first-order valence-electron chi connectivity index (χ1n) is 6.29. The van der Waals surface area contributed by atoms with Crippen molar-refractivity contribution in [3.63, 3.8) is 0 Å². The molecule has 0 aliphatic rings. The smallest absolute Gasteiger partial charge is 0.313 e. The van der Waals surface area contributed by atoms with E-state index in [9.17, 15) is 4.79 Å². The molecule has 0 aromatic heterocycles. The molecule has 0 radical (unpaired) electrons. The highest BCUT2D eigenvalue weighted by Gasteiger charge is 2.25. The Kier molecular flexibility index (Phi) is 5.51. The SMILES string of the molecule is COC(=O)[C@H](Cc1c(Cl)cccc1Cl)c1ccccc1Cl. The van der Waals surface area contributed by atoms with Crippen LogP contribution in [0.1, 0.15) is 17.0 Å². The zero-order chi connectivity index (χ0) is 15.4. The summed E-state index contributed by atoms with van der Waals surface area (Å²) in [6, 6.07) is 12.4. The first kappa shape index (κ1) is 16.2. The average Bonchev–Trinajstić information content (AvgIpc) is 2.47. The van der Waals surface area contributed by atoms with Gasteiger partial charge in [-0.15, -0.1) is 0 Å². The maximum atomic E-state index is 12.1. The normalized spacial score (nSPS) is 12.0. The van der Waals surface area contributed by atoms with Crippen LogP contribution >= 0.6 is 34.8 Å². The van der Waals surface area contributed by atoms with Gasteiger partial charge in [-0.1, -0.05) is 59.1 Å². The summed E-state index contributed by atoms with van der Waals surface area (Å²) in [6.45, 7) is 0. The fourth-order valence-corrected chi connectivity index (χ4v) is 2.97. The van der Waals surface area contributed by atoms with Gasteiger partial charge >= 0.3 is 5.97 Å². The van der Waals surface area contributed by atoms with Crippen LogP contribution in [0.5, 0.6) is 0 Å². The number of benzene rings is 2. The number of halogens is 3. The van der Waals surface area contributed by atoms with Crippen molar-refractivity contribution in [3.05, 3.63) is 68.7 Å². The summed E-state index contributed by atoms with van der Waals surface area (Å²) in [7, 11) is 1.35. The summed E-state index contributed by atoms with van der Waals surface area (Å²) in [5.74, 6) is -0.930. The van der Waals surface area contributed by atoms with E-state index in [-0.39, 0.29) is 5.97 Å². The average molecular weight is 344 g/mol. The van der Waals surface area contributed by atoms with Crippen LogP contribution in [0.3, 0.4) is 0 Å². The van der Waals surface area contributed by atoms with E-state index in [2.05, 4.69) is 0 Å². The Bertz CT molecular complexity index is 635. The highest BCUT2D eigenvalue weighted by molar-refractivity contribution is 6.36. The molecule has 0 N–H and O–H groups in total. The van der Waals surface area contributed by atoms with Crippen molar-refractivity contribution in [3.8, 4) is 0 Å². The summed E-state index contributed by atoms with van der Waals surface area (Å²) in [5, 5.41) is 1.54. The number of carbonyl (C=O) groups excluding carboxylic acids is 1. The quantitative estimate of drug-likeness (QED) is 0.718. The molecule has 2 aromatic carbocycles. The van der Waals surface area contributed by atoms with E-state index in [1.54, 1.807) is 30.3 Å². The lowest BCUT2D eigenvalue weighted by molar-refractivity contribution is -0.142. The molecule has 21 heavy (non-hydrogen) atoms. The number of esters is 1. The highest BCUT2D eigenvalue weighted by Crippen LogP contribution is 2.33. The molecule has 2 rings (SSSR count). The van der Waals surface area contributed by atoms with Gasteiger partial charge in [-0.05, 0) is 35.7 Å². The van der Waals surface area contributed by atoms with Crippen molar-refractivity contribution in [1.29, 1.82) is 0 Å². The lowest BCUT2D eigenvalue weighted by Gasteiger charge is -2.18. The molecule has 2 aromatic rings. The third kappa shape index (κ3) is 3.70. The van der Waals surface area contributed by atoms with Gasteiger partial charge in [-0.2, -0.15) is 0 Å². The molecule has 0 saturated carbocycles. The molecule has 0 unspecified atom stereocenters. The van der Waals surface area contributed by atoms with E-state index in [0.29, 0.717) is 32.6 Å². The molecule has 0 aliphatic carbocycles. The topological polar surface area (TPSA) is 26.3 Å². The van der Waals surface area contributed by atoms with Crippen molar-refractivity contribution >= 4 is 40.8 Å². The molecule has 2 nitrogen and oxygen atoms in total. The fraction of sp³-hybridized carbons (Fsp3) is 0.188. The molecule has 5 heteroatoms. The maximum absolute atomic E-state index is 12.1. The van der Waals surface area contributed by atoms with E-state index >= 15 is 0 Å². The predicted octanol–water partition coefficient (Wildman–Crippen LogP) is 5.15. The van der Waals surface area contributed by atoms with E-state index in [1.165, 1.54) is 7.11 Å². The van der Waals surface area contributed by atoms with Gasteiger partial charge in [-0.3, -0.25) is 4.79 Å². The summed E-state index contributed by atoms with van der Waals surface area (Å²) in [5.41, 5.74) is 1.40. The van der Waals surface area contributed by atoms with Gasteiger partial charge in [0.25, 0.3) is 0 Å². The lowest BCUT2D eigenvalue weighted by atomic mass is 9.92. The summed E-state index contributed by atoms with van der Waals surface area (Å²) in [6.07, 6.45) is 0.328. The second kappa shape index (κ2) is 7.17. The van der Waals surface area contributed by atoms with Gasteiger partial charge < -0.3 is 4.74 Å². The van der Waals surface area contributed by atoms with Crippen LogP contribution in [-0.4, -0.2) is 13.1 Å². The third-order valence-electron chi connectivity index (χ3n) is 3.24. The van der Waals surface area contributed by atoms with Crippen molar-refractivity contribution in [2.75, 3.05) is 7.11 Å². The third-order valence-corrected chi connectivity index (χ3v) is 4.29. The number of hydrogen-bond acceptors (Lipinski definition) is 2. The highest BCUT2D eigenvalue weighted by atomic mass is 35.5. The maximum Gasteiger partial charge on any atom is 0.313 e. The van der Waals surface area contributed by atoms with Crippen LogP contribution in [0.25, 0.3) is 0 Å². The molecule has 0 bridgehead atoms. The monoisotopic (exact) mass is 342 g/mol. The molecule has 110 valence electrons. The number of ether oxygens (including phenoxy) is 1. The van der Waals surface area contributed by atoms with Crippen molar-refractivity contribution in [2.45, 2.75) is 12.3 Å². The summed E-state index contributed by atoms with van der Waals surface area (Å²) >= 11 is 18.6. The second-order valence-corrected chi connectivity index (χ2v) is 5.72. The van der Waals surface area contributed by atoms with Gasteiger partial charge in [0.2, 0.25) is 0 Å². The van der Waals surface area contributed by atoms with Gasteiger partial charge in [-0.25, -0.2) is 0 Å². The Morgan fingerprint density at radius 1 is 1.00 bits per heavy atom. The van der Waals surface area contributed by atoms with Crippen molar-refractivity contribution in [2.24, 2.45) is 0 Å². The van der Waals surface area contributed by atoms with Gasteiger partial charge in [0.05, 0.1) is 13.0 Å². The van der Waals surface area contributed by atoms with Crippen LogP contribution in [0.15, 0.2) is 42.5 Å². The van der Waals surface area contributed by atoms with Gasteiger partial charge in [0.1, 0.15) is 0 Å². The van der Waals surface area contributed by atoms with E-state index in [4.69, 9.17) is 39.5 Å².